The normalized spacial score (nSPS) is 27.3. The SMILES string of the molecule is CNC(=S)N1CC(C)CC1(C)C. The number of hydrogen-bond donors (Lipinski definition) is 1. The van der Waals surface area contributed by atoms with Crippen molar-refractivity contribution in [1.29, 1.82) is 0 Å². The van der Waals surface area contributed by atoms with Gasteiger partial charge in [0.2, 0.25) is 0 Å². The van der Waals surface area contributed by atoms with Crippen LogP contribution in [0.5, 0.6) is 0 Å². The Morgan fingerprint density at radius 2 is 2.17 bits per heavy atom. The highest BCUT2D eigenvalue weighted by atomic mass is 32.1. The van der Waals surface area contributed by atoms with Gasteiger partial charge in [-0.2, -0.15) is 0 Å². The minimum atomic E-state index is 0.236. The average Bonchev–Trinajstić information content (AvgIpc) is 2.23. The van der Waals surface area contributed by atoms with Crippen molar-refractivity contribution in [3.63, 3.8) is 0 Å². The van der Waals surface area contributed by atoms with Crippen molar-refractivity contribution in [1.82, 2.24) is 10.2 Å². The first kappa shape index (κ1) is 9.78. The largest absolute Gasteiger partial charge is 0.366 e. The van der Waals surface area contributed by atoms with Crippen LogP contribution in [0.15, 0.2) is 0 Å². The number of likely N-dealkylation sites (tertiary alicyclic amines) is 1. The molecule has 1 aliphatic rings. The molecule has 0 aliphatic carbocycles. The molecule has 1 fully saturated rings. The summed E-state index contributed by atoms with van der Waals surface area (Å²) in [5.74, 6) is 0.756. The highest BCUT2D eigenvalue weighted by Crippen LogP contribution is 2.31. The molecule has 0 radical (unpaired) electrons. The van der Waals surface area contributed by atoms with Gasteiger partial charge in [0.25, 0.3) is 0 Å². The molecule has 0 amide bonds. The minimum Gasteiger partial charge on any atom is -0.366 e. The summed E-state index contributed by atoms with van der Waals surface area (Å²) < 4.78 is 0. The van der Waals surface area contributed by atoms with Crippen LogP contribution in [0.4, 0.5) is 0 Å². The van der Waals surface area contributed by atoms with E-state index in [1.807, 2.05) is 7.05 Å². The number of nitrogens with zero attached hydrogens (tertiary/aromatic N) is 1. The first-order chi connectivity index (χ1) is 5.47. The summed E-state index contributed by atoms with van der Waals surface area (Å²) in [7, 11) is 1.89. The van der Waals surface area contributed by atoms with Crippen LogP contribution < -0.4 is 5.32 Å². The van der Waals surface area contributed by atoms with Gasteiger partial charge >= 0.3 is 0 Å². The lowest BCUT2D eigenvalue weighted by molar-refractivity contribution is 0.280. The molecule has 1 N–H and O–H groups in total. The summed E-state index contributed by atoms with van der Waals surface area (Å²) in [6.07, 6.45) is 1.23. The molecule has 0 aromatic heterocycles. The Balaban J connectivity index is 2.71. The predicted octanol–water partition coefficient (Wildman–Crippen LogP) is 1.61. The van der Waals surface area contributed by atoms with Gasteiger partial charge in [-0.05, 0) is 38.4 Å². The van der Waals surface area contributed by atoms with Crippen molar-refractivity contribution in [3.05, 3.63) is 0 Å². The first-order valence-electron chi connectivity index (χ1n) is 4.46. The molecule has 3 heteroatoms. The number of nitrogens with one attached hydrogen (secondary N) is 1. The summed E-state index contributed by atoms with van der Waals surface area (Å²) in [6, 6.07) is 0. The van der Waals surface area contributed by atoms with Crippen molar-refractivity contribution < 1.29 is 0 Å². The third-order valence-electron chi connectivity index (χ3n) is 2.53. The van der Waals surface area contributed by atoms with Gasteiger partial charge in [0.1, 0.15) is 0 Å². The van der Waals surface area contributed by atoms with Crippen molar-refractivity contribution in [2.45, 2.75) is 32.7 Å². The Bertz CT molecular complexity index is 189. The summed E-state index contributed by atoms with van der Waals surface area (Å²) in [5, 5.41) is 3.92. The third kappa shape index (κ3) is 1.71. The fraction of sp³-hybridized carbons (Fsp3) is 0.889. The first-order valence-corrected chi connectivity index (χ1v) is 4.87. The Kier molecular flexibility index (Phi) is 2.61. The van der Waals surface area contributed by atoms with Crippen LogP contribution in [-0.2, 0) is 0 Å². The van der Waals surface area contributed by atoms with Crippen molar-refractivity contribution in [2.24, 2.45) is 5.92 Å². The highest BCUT2D eigenvalue weighted by Gasteiger charge is 2.37. The molecule has 70 valence electrons. The third-order valence-corrected chi connectivity index (χ3v) is 2.96. The number of rotatable bonds is 0. The second-order valence-electron chi connectivity index (χ2n) is 4.29. The summed E-state index contributed by atoms with van der Waals surface area (Å²) in [4.78, 5) is 2.28. The van der Waals surface area contributed by atoms with Crippen LogP contribution in [-0.4, -0.2) is 29.1 Å². The predicted molar refractivity (Wildman–Crippen MR) is 56.2 cm³/mol. The lowest BCUT2D eigenvalue weighted by Gasteiger charge is -2.33. The highest BCUT2D eigenvalue weighted by molar-refractivity contribution is 7.80. The maximum absolute atomic E-state index is 5.23. The molecule has 2 nitrogen and oxygen atoms in total. The van der Waals surface area contributed by atoms with Crippen LogP contribution in [0, 0.1) is 5.92 Å². The van der Waals surface area contributed by atoms with E-state index in [0.717, 1.165) is 17.6 Å². The van der Waals surface area contributed by atoms with E-state index in [0.29, 0.717) is 0 Å². The van der Waals surface area contributed by atoms with E-state index < -0.39 is 0 Å². The average molecular weight is 186 g/mol. The molecule has 0 spiro atoms. The molecule has 0 aromatic rings. The zero-order valence-electron chi connectivity index (χ0n) is 8.35. The van der Waals surface area contributed by atoms with Crippen LogP contribution in [0.2, 0.25) is 0 Å². The molecule has 0 aromatic carbocycles. The fourth-order valence-corrected chi connectivity index (χ4v) is 2.40. The Labute approximate surface area is 80.3 Å². The van der Waals surface area contributed by atoms with Crippen LogP contribution in [0.1, 0.15) is 27.2 Å². The Morgan fingerprint density at radius 1 is 1.58 bits per heavy atom. The summed E-state index contributed by atoms with van der Waals surface area (Å²) in [6.45, 7) is 7.87. The lowest BCUT2D eigenvalue weighted by atomic mass is 9.98. The van der Waals surface area contributed by atoms with Crippen LogP contribution in [0.25, 0.3) is 0 Å². The molecular weight excluding hydrogens is 168 g/mol. The molecule has 1 saturated heterocycles. The lowest BCUT2D eigenvalue weighted by Crippen LogP contribution is -2.46. The molecule has 1 aliphatic heterocycles. The molecule has 1 atom stereocenters. The van der Waals surface area contributed by atoms with Gasteiger partial charge in [0.05, 0.1) is 0 Å². The van der Waals surface area contributed by atoms with E-state index in [-0.39, 0.29) is 5.54 Å². The zero-order valence-corrected chi connectivity index (χ0v) is 9.16. The van der Waals surface area contributed by atoms with Gasteiger partial charge in [-0.15, -0.1) is 0 Å². The van der Waals surface area contributed by atoms with E-state index in [2.05, 4.69) is 31.0 Å². The van der Waals surface area contributed by atoms with Gasteiger partial charge in [0.15, 0.2) is 5.11 Å². The number of hydrogen-bond acceptors (Lipinski definition) is 1. The minimum absolute atomic E-state index is 0.236. The molecule has 0 bridgehead atoms. The van der Waals surface area contributed by atoms with Crippen molar-refractivity contribution in [3.8, 4) is 0 Å². The second kappa shape index (κ2) is 3.21. The van der Waals surface area contributed by atoms with Crippen molar-refractivity contribution >= 4 is 17.3 Å². The van der Waals surface area contributed by atoms with E-state index in [1.165, 1.54) is 6.42 Å². The van der Waals surface area contributed by atoms with E-state index >= 15 is 0 Å². The molecule has 12 heavy (non-hydrogen) atoms. The van der Waals surface area contributed by atoms with Gasteiger partial charge in [-0.25, -0.2) is 0 Å². The Morgan fingerprint density at radius 3 is 2.50 bits per heavy atom. The van der Waals surface area contributed by atoms with E-state index in [4.69, 9.17) is 12.2 Å². The molecule has 1 unspecified atom stereocenters. The van der Waals surface area contributed by atoms with Crippen molar-refractivity contribution in [2.75, 3.05) is 13.6 Å². The van der Waals surface area contributed by atoms with Gasteiger partial charge in [-0.1, -0.05) is 6.92 Å². The summed E-state index contributed by atoms with van der Waals surface area (Å²) >= 11 is 5.23. The van der Waals surface area contributed by atoms with Crippen LogP contribution >= 0.6 is 12.2 Å². The quantitative estimate of drug-likeness (QED) is 0.579. The van der Waals surface area contributed by atoms with Gasteiger partial charge < -0.3 is 10.2 Å². The maximum Gasteiger partial charge on any atom is 0.169 e. The van der Waals surface area contributed by atoms with E-state index in [1.54, 1.807) is 0 Å². The molecule has 1 heterocycles. The van der Waals surface area contributed by atoms with Gasteiger partial charge in [-0.3, -0.25) is 0 Å². The standard InChI is InChI=1S/C9H18N2S/c1-7-5-9(2,3)11(6-7)8(12)10-4/h7H,5-6H2,1-4H3,(H,10,12). The van der Waals surface area contributed by atoms with E-state index in [9.17, 15) is 0 Å². The Hall–Kier alpha value is -0.310. The number of thiocarbonyl (C=S) groups is 1. The maximum atomic E-state index is 5.23. The van der Waals surface area contributed by atoms with Crippen LogP contribution in [0.3, 0.4) is 0 Å². The smallest absolute Gasteiger partial charge is 0.169 e. The molecule has 1 rings (SSSR count). The zero-order chi connectivity index (χ0) is 9.35. The second-order valence-corrected chi connectivity index (χ2v) is 4.67. The molecule has 0 saturated carbocycles. The fourth-order valence-electron chi connectivity index (χ4n) is 2.08. The van der Waals surface area contributed by atoms with Gasteiger partial charge in [0, 0.05) is 19.1 Å². The molecular formula is C9H18N2S. The monoisotopic (exact) mass is 186 g/mol. The summed E-state index contributed by atoms with van der Waals surface area (Å²) in [5.41, 5.74) is 0.236. The topological polar surface area (TPSA) is 15.3 Å².